The highest BCUT2D eigenvalue weighted by Crippen LogP contribution is 2.16. The lowest BCUT2D eigenvalue weighted by atomic mass is 10.3. The number of hydrogen-bond donors (Lipinski definition) is 0. The van der Waals surface area contributed by atoms with Gasteiger partial charge >= 0.3 is 0 Å². The first-order valence-corrected chi connectivity index (χ1v) is 5.53. The van der Waals surface area contributed by atoms with Gasteiger partial charge < -0.3 is 9.47 Å². The van der Waals surface area contributed by atoms with Crippen molar-refractivity contribution in [1.29, 1.82) is 0 Å². The molecule has 0 aliphatic rings. The maximum atomic E-state index is 5.88. The van der Waals surface area contributed by atoms with Crippen molar-refractivity contribution in [1.82, 2.24) is 0 Å². The van der Waals surface area contributed by atoms with Crippen molar-refractivity contribution in [2.24, 2.45) is 0 Å². The molecule has 0 heterocycles. The third-order valence-corrected chi connectivity index (χ3v) is 2.16. The van der Waals surface area contributed by atoms with Crippen LogP contribution in [-0.4, -0.2) is 0 Å². The van der Waals surface area contributed by atoms with Gasteiger partial charge in [0, 0.05) is 0 Å². The Bertz CT molecular complexity index is 480. The maximum absolute atomic E-state index is 5.88. The Morgan fingerprint density at radius 1 is 0.824 bits per heavy atom. The minimum Gasteiger partial charge on any atom is -0.460 e. The molecule has 17 heavy (non-hydrogen) atoms. The summed E-state index contributed by atoms with van der Waals surface area (Å²) in [5.74, 6) is 1.38. The summed E-state index contributed by atoms with van der Waals surface area (Å²) >= 11 is 5.88. The van der Waals surface area contributed by atoms with Gasteiger partial charge in [-0.05, 0) is 35.9 Å². The van der Waals surface area contributed by atoms with Crippen molar-refractivity contribution < 1.29 is 9.47 Å². The Kier molecular flexibility index (Phi) is 4.05. The quantitative estimate of drug-likeness (QED) is 0.754. The number of ether oxygens (including phenoxy) is 2. The molecule has 0 atom stereocenters. The molecule has 0 aliphatic heterocycles. The predicted molar refractivity (Wildman–Crippen MR) is 68.1 cm³/mol. The van der Waals surface area contributed by atoms with Crippen LogP contribution < -0.4 is 9.47 Å². The van der Waals surface area contributed by atoms with Crippen LogP contribution in [0, 0.1) is 0 Å². The smallest absolute Gasteiger partial charge is 0.228 e. The van der Waals surface area contributed by atoms with Gasteiger partial charge in [0.15, 0.2) is 0 Å². The molecule has 0 amide bonds. The van der Waals surface area contributed by atoms with Gasteiger partial charge in [0.25, 0.3) is 0 Å². The fourth-order valence-corrected chi connectivity index (χ4v) is 1.37. The fourth-order valence-electron chi connectivity index (χ4n) is 1.24. The van der Waals surface area contributed by atoms with Gasteiger partial charge in [0.1, 0.15) is 17.8 Å². The van der Waals surface area contributed by atoms with Crippen molar-refractivity contribution in [3.8, 4) is 11.5 Å². The van der Waals surface area contributed by atoms with Gasteiger partial charge in [-0.2, -0.15) is 0 Å². The van der Waals surface area contributed by atoms with Crippen LogP contribution in [0.15, 0.2) is 72.1 Å². The lowest BCUT2D eigenvalue weighted by molar-refractivity contribution is 0.408. The zero-order valence-electron chi connectivity index (χ0n) is 9.05. The Morgan fingerprint density at radius 2 is 1.35 bits per heavy atom. The molecule has 0 bridgehead atoms. The molecule has 0 aliphatic carbocycles. The van der Waals surface area contributed by atoms with Crippen molar-refractivity contribution in [3.05, 3.63) is 72.1 Å². The van der Waals surface area contributed by atoms with Crippen LogP contribution >= 0.6 is 11.6 Å². The maximum Gasteiger partial charge on any atom is 0.228 e. The Balaban J connectivity index is 1.94. The van der Waals surface area contributed by atoms with Gasteiger partial charge in [-0.25, -0.2) is 0 Å². The third kappa shape index (κ3) is 3.85. The SMILES string of the molecule is Cl/C(=C/Oc1ccccc1)Oc1ccccc1. The largest absolute Gasteiger partial charge is 0.460 e. The van der Waals surface area contributed by atoms with Gasteiger partial charge in [-0.15, -0.1) is 0 Å². The van der Waals surface area contributed by atoms with Crippen molar-refractivity contribution in [3.63, 3.8) is 0 Å². The lowest BCUT2D eigenvalue weighted by Crippen LogP contribution is -1.91. The first kappa shape index (κ1) is 11.6. The molecule has 0 aromatic heterocycles. The zero-order chi connectivity index (χ0) is 11.9. The summed E-state index contributed by atoms with van der Waals surface area (Å²) in [6, 6.07) is 18.6. The van der Waals surface area contributed by atoms with Crippen LogP contribution in [0.4, 0.5) is 0 Å². The van der Waals surface area contributed by atoms with E-state index in [-0.39, 0.29) is 5.22 Å². The fraction of sp³-hybridized carbons (Fsp3) is 0. The van der Waals surface area contributed by atoms with Crippen molar-refractivity contribution in [2.45, 2.75) is 0 Å². The molecular weight excluding hydrogens is 236 g/mol. The van der Waals surface area contributed by atoms with Crippen LogP contribution in [0.5, 0.6) is 11.5 Å². The number of hydrogen-bond acceptors (Lipinski definition) is 2. The van der Waals surface area contributed by atoms with E-state index in [1.54, 1.807) is 0 Å². The normalized spacial score (nSPS) is 11.0. The van der Waals surface area contributed by atoms with Gasteiger partial charge in [-0.1, -0.05) is 36.4 Å². The van der Waals surface area contributed by atoms with Crippen LogP contribution in [0.3, 0.4) is 0 Å². The minimum atomic E-state index is 0.181. The summed E-state index contributed by atoms with van der Waals surface area (Å²) in [6.45, 7) is 0. The summed E-state index contributed by atoms with van der Waals surface area (Å²) in [4.78, 5) is 0. The van der Waals surface area contributed by atoms with E-state index in [0.717, 1.165) is 0 Å². The molecule has 0 spiro atoms. The molecule has 0 unspecified atom stereocenters. The molecule has 86 valence electrons. The zero-order valence-corrected chi connectivity index (χ0v) is 9.80. The number of halogens is 1. The van der Waals surface area contributed by atoms with E-state index in [9.17, 15) is 0 Å². The molecule has 0 radical (unpaired) electrons. The monoisotopic (exact) mass is 246 g/mol. The summed E-state index contributed by atoms with van der Waals surface area (Å²) in [7, 11) is 0. The van der Waals surface area contributed by atoms with E-state index in [0.29, 0.717) is 11.5 Å². The molecule has 0 N–H and O–H groups in total. The van der Waals surface area contributed by atoms with E-state index in [1.165, 1.54) is 6.26 Å². The number of rotatable bonds is 4. The molecule has 2 nitrogen and oxygen atoms in total. The summed E-state index contributed by atoms with van der Waals surface area (Å²) in [6.07, 6.45) is 1.36. The number of benzene rings is 2. The standard InChI is InChI=1S/C14H11ClO2/c15-14(17-13-9-5-2-6-10-13)11-16-12-7-3-1-4-8-12/h1-11H/b14-11-. The summed E-state index contributed by atoms with van der Waals surface area (Å²) in [5.41, 5.74) is 0. The lowest BCUT2D eigenvalue weighted by Gasteiger charge is -2.04. The first-order chi connectivity index (χ1) is 8.34. The predicted octanol–water partition coefficient (Wildman–Crippen LogP) is 4.18. The molecule has 0 saturated carbocycles. The van der Waals surface area contributed by atoms with Crippen LogP contribution in [0.1, 0.15) is 0 Å². The van der Waals surface area contributed by atoms with E-state index in [1.807, 2.05) is 60.7 Å². The second-order valence-corrected chi connectivity index (χ2v) is 3.64. The van der Waals surface area contributed by atoms with E-state index < -0.39 is 0 Å². The molecule has 2 aromatic carbocycles. The second kappa shape index (κ2) is 5.97. The average Bonchev–Trinajstić information content (AvgIpc) is 2.39. The van der Waals surface area contributed by atoms with E-state index in [4.69, 9.17) is 21.1 Å². The third-order valence-electron chi connectivity index (χ3n) is 1.99. The minimum absolute atomic E-state index is 0.181. The van der Waals surface area contributed by atoms with Gasteiger partial charge in [0.05, 0.1) is 0 Å². The first-order valence-electron chi connectivity index (χ1n) is 5.15. The molecule has 2 aromatic rings. The van der Waals surface area contributed by atoms with Gasteiger partial charge in [0.2, 0.25) is 5.22 Å². The molecule has 0 fully saturated rings. The van der Waals surface area contributed by atoms with Crippen molar-refractivity contribution in [2.75, 3.05) is 0 Å². The highest BCUT2D eigenvalue weighted by atomic mass is 35.5. The Morgan fingerprint density at radius 3 is 1.94 bits per heavy atom. The molecule has 2 rings (SSSR count). The molecule has 0 saturated heterocycles. The van der Waals surface area contributed by atoms with Crippen molar-refractivity contribution >= 4 is 11.6 Å². The van der Waals surface area contributed by atoms with Gasteiger partial charge in [-0.3, -0.25) is 0 Å². The second-order valence-electron chi connectivity index (χ2n) is 3.27. The topological polar surface area (TPSA) is 18.5 Å². The summed E-state index contributed by atoms with van der Waals surface area (Å²) < 4.78 is 10.7. The molecule has 3 heteroatoms. The highest BCUT2D eigenvalue weighted by molar-refractivity contribution is 6.28. The Labute approximate surface area is 105 Å². The van der Waals surface area contributed by atoms with E-state index in [2.05, 4.69) is 0 Å². The van der Waals surface area contributed by atoms with Crippen LogP contribution in [0.25, 0.3) is 0 Å². The van der Waals surface area contributed by atoms with Crippen LogP contribution in [-0.2, 0) is 0 Å². The summed E-state index contributed by atoms with van der Waals surface area (Å²) in [5, 5.41) is 0.181. The Hall–Kier alpha value is -1.93. The number of para-hydroxylation sites is 2. The van der Waals surface area contributed by atoms with Crippen LogP contribution in [0.2, 0.25) is 0 Å². The van der Waals surface area contributed by atoms with E-state index >= 15 is 0 Å². The highest BCUT2D eigenvalue weighted by Gasteiger charge is 1.97. The average molecular weight is 247 g/mol. The molecular formula is C14H11ClO2.